The highest BCUT2D eigenvalue weighted by Crippen LogP contribution is 2.31. The summed E-state index contributed by atoms with van der Waals surface area (Å²) < 4.78 is 27.7. The lowest BCUT2D eigenvalue weighted by atomic mass is 10.2. The van der Waals surface area contributed by atoms with Gasteiger partial charge in [0.2, 0.25) is 5.76 Å². The maximum Gasteiger partial charge on any atom is 0.407 e. The molecule has 1 N–H and O–H groups in total. The van der Waals surface area contributed by atoms with Crippen LogP contribution in [0.25, 0.3) is 22.8 Å². The molecule has 0 aliphatic heterocycles. The normalized spacial score (nSPS) is 15.0. The summed E-state index contributed by atoms with van der Waals surface area (Å²) in [6.45, 7) is 8.14. The van der Waals surface area contributed by atoms with E-state index in [1.807, 2.05) is 18.2 Å². The zero-order valence-electron chi connectivity index (χ0n) is 18.1. The van der Waals surface area contributed by atoms with Gasteiger partial charge in [-0.05, 0) is 63.7 Å². The third-order valence-corrected chi connectivity index (χ3v) is 4.49. The van der Waals surface area contributed by atoms with Crippen molar-refractivity contribution >= 4 is 17.2 Å². The second-order valence-corrected chi connectivity index (χ2v) is 8.79. The van der Waals surface area contributed by atoms with Crippen molar-refractivity contribution in [1.29, 1.82) is 0 Å². The minimum atomic E-state index is -0.560. The van der Waals surface area contributed by atoms with Crippen molar-refractivity contribution in [2.75, 3.05) is 13.2 Å². The molecule has 31 heavy (non-hydrogen) atoms. The highest BCUT2D eigenvalue weighted by molar-refractivity contribution is 5.77. The SMILES string of the molecule is C[C@@H](COc1cc(-c2nc3cc(OCC4CC4)ccc3o2)on1)NC(=O)OC(C)(C)C. The Labute approximate surface area is 180 Å². The van der Waals surface area contributed by atoms with Crippen LogP contribution in [0.15, 0.2) is 33.2 Å². The summed E-state index contributed by atoms with van der Waals surface area (Å²) in [4.78, 5) is 16.3. The Balaban J connectivity index is 1.33. The van der Waals surface area contributed by atoms with Gasteiger partial charge in [-0.1, -0.05) is 0 Å². The predicted molar refractivity (Wildman–Crippen MR) is 112 cm³/mol. The van der Waals surface area contributed by atoms with Crippen LogP contribution in [0, 0.1) is 5.92 Å². The van der Waals surface area contributed by atoms with E-state index in [0.717, 1.165) is 12.4 Å². The van der Waals surface area contributed by atoms with Gasteiger partial charge in [-0.3, -0.25) is 0 Å². The van der Waals surface area contributed by atoms with Gasteiger partial charge in [-0.25, -0.2) is 9.78 Å². The minimum Gasteiger partial charge on any atom is -0.493 e. The maximum absolute atomic E-state index is 11.8. The van der Waals surface area contributed by atoms with Crippen LogP contribution in [0.2, 0.25) is 0 Å². The molecule has 0 saturated heterocycles. The van der Waals surface area contributed by atoms with Crippen molar-refractivity contribution in [1.82, 2.24) is 15.5 Å². The van der Waals surface area contributed by atoms with Crippen LogP contribution >= 0.6 is 0 Å². The Morgan fingerprint density at radius 2 is 2.06 bits per heavy atom. The molecule has 1 amide bonds. The first kappa shape index (κ1) is 21.0. The molecule has 1 fully saturated rings. The molecule has 1 atom stereocenters. The number of hydrogen-bond acceptors (Lipinski definition) is 8. The van der Waals surface area contributed by atoms with Crippen molar-refractivity contribution in [2.45, 2.75) is 52.2 Å². The molecule has 9 nitrogen and oxygen atoms in total. The van der Waals surface area contributed by atoms with Gasteiger partial charge >= 0.3 is 6.09 Å². The second kappa shape index (κ2) is 8.49. The van der Waals surface area contributed by atoms with Crippen LogP contribution in [0.1, 0.15) is 40.5 Å². The lowest BCUT2D eigenvalue weighted by Crippen LogP contribution is -2.40. The molecule has 0 unspecified atom stereocenters. The van der Waals surface area contributed by atoms with Crippen molar-refractivity contribution < 1.29 is 27.9 Å². The molecule has 2 aromatic heterocycles. The molecule has 1 aromatic carbocycles. The summed E-state index contributed by atoms with van der Waals surface area (Å²) in [6.07, 6.45) is 1.97. The monoisotopic (exact) mass is 429 g/mol. The fraction of sp³-hybridized carbons (Fsp3) is 0.500. The fourth-order valence-corrected chi connectivity index (χ4v) is 2.79. The number of oxazole rings is 1. The van der Waals surface area contributed by atoms with Crippen LogP contribution in [-0.4, -0.2) is 41.1 Å². The number of hydrogen-bond donors (Lipinski definition) is 1. The summed E-state index contributed by atoms with van der Waals surface area (Å²) >= 11 is 0. The third-order valence-electron chi connectivity index (χ3n) is 4.49. The largest absolute Gasteiger partial charge is 0.493 e. The van der Waals surface area contributed by atoms with Crippen molar-refractivity contribution in [3.8, 4) is 23.3 Å². The molecule has 0 spiro atoms. The smallest absolute Gasteiger partial charge is 0.407 e. The zero-order valence-corrected chi connectivity index (χ0v) is 18.1. The number of ether oxygens (including phenoxy) is 3. The van der Waals surface area contributed by atoms with Gasteiger partial charge in [0, 0.05) is 6.07 Å². The number of alkyl carbamates (subject to hydrolysis) is 1. The number of fused-ring (bicyclic) bond motifs is 1. The van der Waals surface area contributed by atoms with Crippen LogP contribution < -0.4 is 14.8 Å². The van der Waals surface area contributed by atoms with E-state index in [1.54, 1.807) is 33.8 Å². The van der Waals surface area contributed by atoms with E-state index in [1.165, 1.54) is 12.8 Å². The quantitative estimate of drug-likeness (QED) is 0.555. The molecule has 2 heterocycles. The average Bonchev–Trinajstić information content (AvgIpc) is 3.22. The van der Waals surface area contributed by atoms with Gasteiger partial charge in [0.15, 0.2) is 5.58 Å². The summed E-state index contributed by atoms with van der Waals surface area (Å²) in [6, 6.07) is 6.85. The summed E-state index contributed by atoms with van der Waals surface area (Å²) in [5.74, 6) is 2.37. The molecular weight excluding hydrogens is 402 g/mol. The highest BCUT2D eigenvalue weighted by atomic mass is 16.6. The van der Waals surface area contributed by atoms with Crippen LogP contribution in [-0.2, 0) is 4.74 Å². The van der Waals surface area contributed by atoms with Gasteiger partial charge in [-0.15, -0.1) is 0 Å². The first-order chi connectivity index (χ1) is 14.7. The Morgan fingerprint density at radius 3 is 2.81 bits per heavy atom. The summed E-state index contributed by atoms with van der Waals surface area (Å²) in [7, 11) is 0. The predicted octanol–water partition coefficient (Wildman–Crippen LogP) is 4.56. The molecule has 3 aromatic rings. The molecule has 1 saturated carbocycles. The number of aromatic nitrogens is 2. The van der Waals surface area contributed by atoms with Gasteiger partial charge in [0.05, 0.1) is 18.7 Å². The number of nitrogens with zero attached hydrogens (tertiary/aromatic N) is 2. The van der Waals surface area contributed by atoms with Gasteiger partial charge < -0.3 is 28.5 Å². The topological polar surface area (TPSA) is 109 Å². The van der Waals surface area contributed by atoms with Crippen molar-refractivity contribution in [3.05, 3.63) is 24.3 Å². The molecule has 1 aliphatic rings. The number of benzene rings is 1. The number of rotatable bonds is 8. The fourth-order valence-electron chi connectivity index (χ4n) is 2.79. The first-order valence-electron chi connectivity index (χ1n) is 10.4. The van der Waals surface area contributed by atoms with E-state index >= 15 is 0 Å². The van der Waals surface area contributed by atoms with E-state index in [4.69, 9.17) is 23.2 Å². The van der Waals surface area contributed by atoms with E-state index in [2.05, 4.69) is 15.5 Å². The third kappa shape index (κ3) is 5.90. The highest BCUT2D eigenvalue weighted by Gasteiger charge is 2.22. The number of nitrogens with one attached hydrogen (secondary N) is 1. The van der Waals surface area contributed by atoms with Crippen LogP contribution in [0.3, 0.4) is 0 Å². The van der Waals surface area contributed by atoms with Crippen molar-refractivity contribution in [2.24, 2.45) is 5.92 Å². The maximum atomic E-state index is 11.8. The molecule has 0 radical (unpaired) electrons. The minimum absolute atomic E-state index is 0.195. The molecule has 166 valence electrons. The lowest BCUT2D eigenvalue weighted by Gasteiger charge is -2.21. The van der Waals surface area contributed by atoms with Gasteiger partial charge in [0.25, 0.3) is 11.8 Å². The Hall–Kier alpha value is -3.23. The number of carbonyl (C=O) groups is 1. The zero-order chi connectivity index (χ0) is 22.0. The Kier molecular flexibility index (Phi) is 5.75. The standard InChI is InChI=1S/C22H27N3O6/c1-13(23-21(26)30-22(2,3)4)11-28-19-10-18(31-25-19)20-24-16-9-15(7-8-17(16)29-20)27-12-14-5-6-14/h7-10,13-14H,5-6,11-12H2,1-4H3,(H,23,26)/t13-/m0/s1. The average molecular weight is 429 g/mol. The molecular formula is C22H27N3O6. The molecule has 0 bridgehead atoms. The van der Waals surface area contributed by atoms with Crippen LogP contribution in [0.4, 0.5) is 4.79 Å². The van der Waals surface area contributed by atoms with Gasteiger partial charge in [-0.2, -0.15) is 0 Å². The van der Waals surface area contributed by atoms with Crippen molar-refractivity contribution in [3.63, 3.8) is 0 Å². The Morgan fingerprint density at radius 1 is 1.26 bits per heavy atom. The summed E-state index contributed by atoms with van der Waals surface area (Å²) in [5, 5.41) is 6.58. The Bertz CT molecular complexity index is 1050. The summed E-state index contributed by atoms with van der Waals surface area (Å²) in [5.41, 5.74) is 0.746. The molecule has 4 rings (SSSR count). The van der Waals surface area contributed by atoms with Gasteiger partial charge in [0.1, 0.15) is 23.5 Å². The van der Waals surface area contributed by atoms with E-state index in [0.29, 0.717) is 28.7 Å². The number of carbonyl (C=O) groups excluding carboxylic acids is 1. The van der Waals surface area contributed by atoms with E-state index in [9.17, 15) is 4.79 Å². The second-order valence-electron chi connectivity index (χ2n) is 8.79. The molecule has 9 heteroatoms. The molecule has 1 aliphatic carbocycles. The van der Waals surface area contributed by atoms with Crippen LogP contribution in [0.5, 0.6) is 11.6 Å². The van der Waals surface area contributed by atoms with E-state index < -0.39 is 11.7 Å². The lowest BCUT2D eigenvalue weighted by molar-refractivity contribution is 0.0492. The van der Waals surface area contributed by atoms with E-state index in [-0.39, 0.29) is 18.5 Å². The number of amides is 1. The first-order valence-corrected chi connectivity index (χ1v) is 10.4.